The fourth-order valence-electron chi connectivity index (χ4n) is 5.92. The third kappa shape index (κ3) is 2.32. The fraction of sp³-hybridized carbons (Fsp3) is 0.250. The summed E-state index contributed by atoms with van der Waals surface area (Å²) in [6.07, 6.45) is 3.54. The number of halogens is 2. The zero-order valence-corrected chi connectivity index (χ0v) is 16.5. The van der Waals surface area contributed by atoms with Gasteiger partial charge in [0.15, 0.2) is 0 Å². The van der Waals surface area contributed by atoms with E-state index in [-0.39, 0.29) is 11.4 Å². The van der Waals surface area contributed by atoms with Crippen LogP contribution in [-0.4, -0.2) is 23.6 Å². The SMILES string of the molecule is O=C1C2C3C=CC(C2C(=O)N1c1ccc(F)cc1)C1C(=O)N(c2ccc(F)cc2)C(=O)C31. The van der Waals surface area contributed by atoms with Gasteiger partial charge in [0.1, 0.15) is 11.6 Å². The molecule has 6 nitrogen and oxygen atoms in total. The van der Waals surface area contributed by atoms with Crippen LogP contribution in [0, 0.1) is 47.1 Å². The topological polar surface area (TPSA) is 74.8 Å². The summed E-state index contributed by atoms with van der Waals surface area (Å²) in [5.74, 6) is -6.95. The van der Waals surface area contributed by atoms with Gasteiger partial charge in [-0.3, -0.25) is 29.0 Å². The van der Waals surface area contributed by atoms with Crippen LogP contribution in [0.1, 0.15) is 0 Å². The predicted octanol–water partition coefficient (Wildman–Crippen LogP) is 2.69. The van der Waals surface area contributed by atoms with Crippen LogP contribution in [0.4, 0.5) is 20.2 Å². The second-order valence-corrected chi connectivity index (χ2v) is 8.62. The standard InChI is InChI=1S/C24H16F2N2O4/c25-11-1-5-13(6-2-11)27-21(29)17-15-9-10-16(18(17)22(27)30)20-19(15)23(31)28(24(20)32)14-7-3-12(26)4-8-14/h1-10,15-20H. The van der Waals surface area contributed by atoms with E-state index in [0.29, 0.717) is 0 Å². The molecule has 4 amide bonds. The van der Waals surface area contributed by atoms with E-state index in [1.807, 2.05) is 0 Å². The molecule has 8 heteroatoms. The molecule has 4 atom stereocenters. The van der Waals surface area contributed by atoms with Crippen LogP contribution in [0.15, 0.2) is 60.7 Å². The van der Waals surface area contributed by atoms with Gasteiger partial charge in [-0.1, -0.05) is 12.2 Å². The number of rotatable bonds is 2. The van der Waals surface area contributed by atoms with Crippen molar-refractivity contribution in [3.63, 3.8) is 0 Å². The van der Waals surface area contributed by atoms with Gasteiger partial charge in [0, 0.05) is 11.8 Å². The molecule has 3 fully saturated rings. The van der Waals surface area contributed by atoms with E-state index in [4.69, 9.17) is 0 Å². The maximum Gasteiger partial charge on any atom is 0.238 e. The minimum Gasteiger partial charge on any atom is -0.274 e. The van der Waals surface area contributed by atoms with Crippen LogP contribution in [0.3, 0.4) is 0 Å². The van der Waals surface area contributed by atoms with Crippen molar-refractivity contribution in [3.8, 4) is 0 Å². The van der Waals surface area contributed by atoms with Gasteiger partial charge in [-0.2, -0.15) is 0 Å². The molecule has 2 bridgehead atoms. The molecule has 3 aliphatic carbocycles. The van der Waals surface area contributed by atoms with Crippen molar-refractivity contribution < 1.29 is 28.0 Å². The molecular weight excluding hydrogens is 418 g/mol. The van der Waals surface area contributed by atoms with Crippen LogP contribution in [0.5, 0.6) is 0 Å². The molecule has 1 saturated carbocycles. The lowest BCUT2D eigenvalue weighted by molar-refractivity contribution is -0.137. The van der Waals surface area contributed by atoms with Gasteiger partial charge in [0.2, 0.25) is 23.6 Å². The van der Waals surface area contributed by atoms with Crippen molar-refractivity contribution in [1.29, 1.82) is 0 Å². The van der Waals surface area contributed by atoms with Crippen molar-refractivity contribution in [1.82, 2.24) is 0 Å². The first kappa shape index (κ1) is 19.0. The molecule has 0 N–H and O–H groups in total. The average molecular weight is 434 g/mol. The summed E-state index contributed by atoms with van der Waals surface area (Å²) >= 11 is 0. The lowest BCUT2D eigenvalue weighted by Gasteiger charge is -2.44. The Morgan fingerprint density at radius 2 is 0.781 bits per heavy atom. The number of hydrogen-bond donors (Lipinski definition) is 0. The Hall–Kier alpha value is -3.68. The highest BCUT2D eigenvalue weighted by molar-refractivity contribution is 6.26. The second kappa shape index (κ2) is 6.41. The molecule has 0 spiro atoms. The number of nitrogens with zero attached hydrogens (tertiary/aromatic N) is 2. The zero-order chi connectivity index (χ0) is 22.3. The number of anilines is 2. The second-order valence-electron chi connectivity index (χ2n) is 8.62. The molecule has 2 aromatic carbocycles. The third-order valence-corrected chi connectivity index (χ3v) is 7.18. The van der Waals surface area contributed by atoms with E-state index in [2.05, 4.69) is 0 Å². The lowest BCUT2D eigenvalue weighted by atomic mass is 9.54. The Morgan fingerprint density at radius 3 is 1.06 bits per heavy atom. The lowest BCUT2D eigenvalue weighted by Crippen LogP contribution is -2.50. The monoisotopic (exact) mass is 434 g/mol. The van der Waals surface area contributed by atoms with Gasteiger partial charge in [0.05, 0.1) is 35.0 Å². The largest absolute Gasteiger partial charge is 0.274 e. The van der Waals surface area contributed by atoms with Crippen molar-refractivity contribution in [2.45, 2.75) is 0 Å². The van der Waals surface area contributed by atoms with E-state index in [0.717, 1.165) is 9.80 Å². The summed E-state index contributed by atoms with van der Waals surface area (Å²) < 4.78 is 26.7. The summed E-state index contributed by atoms with van der Waals surface area (Å²) in [5, 5.41) is 0. The summed E-state index contributed by atoms with van der Waals surface area (Å²) in [6, 6.07) is 10.2. The molecule has 7 rings (SSSR count). The molecule has 0 radical (unpaired) electrons. The Morgan fingerprint density at radius 1 is 0.500 bits per heavy atom. The first-order valence-corrected chi connectivity index (χ1v) is 10.3. The molecule has 32 heavy (non-hydrogen) atoms. The smallest absolute Gasteiger partial charge is 0.238 e. The van der Waals surface area contributed by atoms with Crippen LogP contribution in [-0.2, 0) is 19.2 Å². The Balaban J connectivity index is 1.39. The summed E-state index contributed by atoms with van der Waals surface area (Å²) in [6.45, 7) is 0. The van der Waals surface area contributed by atoms with E-state index in [9.17, 15) is 28.0 Å². The maximum atomic E-state index is 13.3. The van der Waals surface area contributed by atoms with E-state index >= 15 is 0 Å². The normalized spacial score (nSPS) is 32.7. The summed E-state index contributed by atoms with van der Waals surface area (Å²) in [4.78, 5) is 55.4. The minimum absolute atomic E-state index is 0.269. The van der Waals surface area contributed by atoms with Gasteiger partial charge in [-0.25, -0.2) is 8.78 Å². The van der Waals surface area contributed by atoms with E-state index in [1.54, 1.807) is 12.2 Å². The molecule has 2 aromatic rings. The molecule has 2 saturated heterocycles. The molecular formula is C24H16F2N2O4. The average Bonchev–Trinajstić information content (AvgIpc) is 3.23. The zero-order valence-electron chi connectivity index (χ0n) is 16.5. The van der Waals surface area contributed by atoms with Gasteiger partial charge in [0.25, 0.3) is 0 Å². The van der Waals surface area contributed by atoms with Gasteiger partial charge in [-0.05, 0) is 48.5 Å². The molecule has 0 aromatic heterocycles. The van der Waals surface area contributed by atoms with Gasteiger partial charge < -0.3 is 0 Å². The van der Waals surface area contributed by atoms with Crippen LogP contribution in [0.2, 0.25) is 0 Å². The Kier molecular flexibility index (Phi) is 3.82. The first-order chi connectivity index (χ1) is 15.4. The number of allylic oxidation sites excluding steroid dienone is 2. The van der Waals surface area contributed by atoms with Crippen LogP contribution in [0.25, 0.3) is 0 Å². The maximum absolute atomic E-state index is 13.3. The molecule has 2 heterocycles. The van der Waals surface area contributed by atoms with Crippen LogP contribution >= 0.6 is 0 Å². The third-order valence-electron chi connectivity index (χ3n) is 7.18. The number of amides is 4. The highest BCUT2D eigenvalue weighted by Crippen LogP contribution is 2.58. The minimum atomic E-state index is -0.756. The van der Waals surface area contributed by atoms with Gasteiger partial charge >= 0.3 is 0 Å². The molecule has 5 aliphatic rings. The Labute approximate surface area is 181 Å². The molecule has 2 aliphatic heterocycles. The van der Waals surface area contributed by atoms with E-state index in [1.165, 1.54) is 48.5 Å². The van der Waals surface area contributed by atoms with Crippen molar-refractivity contribution in [2.75, 3.05) is 9.80 Å². The summed E-state index contributed by atoms with van der Waals surface area (Å²) in [7, 11) is 0. The Bertz CT molecular complexity index is 1080. The van der Waals surface area contributed by atoms with Crippen molar-refractivity contribution in [2.24, 2.45) is 35.5 Å². The number of carbonyl (C=O) groups is 4. The fourth-order valence-corrected chi connectivity index (χ4v) is 5.92. The highest BCUT2D eigenvalue weighted by Gasteiger charge is 2.68. The highest BCUT2D eigenvalue weighted by atomic mass is 19.1. The summed E-state index contributed by atoms with van der Waals surface area (Å²) in [5.41, 5.74) is 0.539. The molecule has 160 valence electrons. The van der Waals surface area contributed by atoms with Crippen molar-refractivity contribution in [3.05, 3.63) is 72.3 Å². The number of imide groups is 2. The number of benzene rings is 2. The molecule has 4 unspecified atom stereocenters. The van der Waals surface area contributed by atoms with Crippen LogP contribution < -0.4 is 9.80 Å². The van der Waals surface area contributed by atoms with E-state index < -0.39 is 70.8 Å². The number of hydrogen-bond acceptors (Lipinski definition) is 4. The van der Waals surface area contributed by atoms with Crippen molar-refractivity contribution >= 4 is 35.0 Å². The quantitative estimate of drug-likeness (QED) is 0.538. The van der Waals surface area contributed by atoms with Gasteiger partial charge in [-0.15, -0.1) is 0 Å². The number of carbonyl (C=O) groups excluding carboxylic acids is 4. The predicted molar refractivity (Wildman–Crippen MR) is 108 cm³/mol. The first-order valence-electron chi connectivity index (χ1n) is 10.3.